The summed E-state index contributed by atoms with van der Waals surface area (Å²) in [6, 6.07) is 0.624. The molecule has 1 aromatic heterocycles. The van der Waals surface area contributed by atoms with Crippen LogP contribution in [0.15, 0.2) is 12.4 Å². The third kappa shape index (κ3) is 5.01. The summed E-state index contributed by atoms with van der Waals surface area (Å²) < 4.78 is 0. The van der Waals surface area contributed by atoms with Crippen LogP contribution in [0.1, 0.15) is 18.4 Å². The van der Waals surface area contributed by atoms with Gasteiger partial charge < -0.3 is 15.1 Å². The number of halogens is 1. The zero-order valence-corrected chi connectivity index (χ0v) is 15.1. The normalized spacial score (nSPS) is 23.6. The van der Waals surface area contributed by atoms with Crippen LogP contribution in [0, 0.1) is 0 Å². The molecule has 1 aromatic rings. The zero-order chi connectivity index (χ0) is 15.4. The van der Waals surface area contributed by atoms with Gasteiger partial charge >= 0.3 is 0 Å². The smallest absolute Gasteiger partial charge is 0.225 e. The van der Waals surface area contributed by atoms with E-state index in [9.17, 15) is 0 Å². The Morgan fingerprint density at radius 2 is 1.83 bits per heavy atom. The van der Waals surface area contributed by atoms with Gasteiger partial charge in [0.25, 0.3) is 0 Å². The van der Waals surface area contributed by atoms with Crippen molar-refractivity contribution in [1.29, 1.82) is 0 Å². The Hall–Kier alpha value is -0.950. The molecule has 23 heavy (non-hydrogen) atoms. The predicted octanol–water partition coefficient (Wildman–Crippen LogP) is 0.834. The Morgan fingerprint density at radius 1 is 1.13 bits per heavy atom. The van der Waals surface area contributed by atoms with Gasteiger partial charge in [0.1, 0.15) is 0 Å². The number of nitrogens with one attached hydrogen (secondary N) is 1. The molecule has 3 heterocycles. The molecule has 1 unspecified atom stereocenters. The van der Waals surface area contributed by atoms with Gasteiger partial charge in [0.05, 0.1) is 0 Å². The maximum absolute atomic E-state index is 4.59. The number of likely N-dealkylation sites (N-methyl/N-ethyl adjacent to an activating group) is 2. The summed E-state index contributed by atoms with van der Waals surface area (Å²) in [4.78, 5) is 16.3. The standard InChI is InChI=1S/C16H28N6.ClH/c1-17-15-4-3-5-21(13-15)12-14-10-18-16(19-11-14)22-8-6-20(2)7-9-22;/h10-11,15,17H,3-9,12-13H2,1-2H3;1H. The van der Waals surface area contributed by atoms with Gasteiger partial charge in [-0.3, -0.25) is 4.90 Å². The van der Waals surface area contributed by atoms with Crippen LogP contribution in [0.3, 0.4) is 0 Å². The highest BCUT2D eigenvalue weighted by Crippen LogP contribution is 2.14. The van der Waals surface area contributed by atoms with Gasteiger partial charge in [-0.05, 0) is 33.5 Å². The van der Waals surface area contributed by atoms with E-state index in [0.29, 0.717) is 6.04 Å². The summed E-state index contributed by atoms with van der Waals surface area (Å²) in [6.07, 6.45) is 6.56. The van der Waals surface area contributed by atoms with Crippen molar-refractivity contribution in [3.8, 4) is 0 Å². The monoisotopic (exact) mass is 340 g/mol. The van der Waals surface area contributed by atoms with Gasteiger partial charge in [-0.1, -0.05) is 0 Å². The van der Waals surface area contributed by atoms with Gasteiger partial charge in [0.15, 0.2) is 0 Å². The number of rotatable bonds is 4. The Labute approximate surface area is 145 Å². The van der Waals surface area contributed by atoms with E-state index in [1.807, 2.05) is 12.4 Å². The fraction of sp³-hybridized carbons (Fsp3) is 0.750. The lowest BCUT2D eigenvalue weighted by atomic mass is 10.1. The van der Waals surface area contributed by atoms with Crippen LogP contribution in [0.25, 0.3) is 0 Å². The minimum Gasteiger partial charge on any atom is -0.338 e. The molecule has 0 bridgehead atoms. The van der Waals surface area contributed by atoms with Crippen LogP contribution in [-0.2, 0) is 6.54 Å². The molecule has 2 aliphatic heterocycles. The molecule has 1 atom stereocenters. The second-order valence-corrected chi connectivity index (χ2v) is 6.54. The summed E-state index contributed by atoms with van der Waals surface area (Å²) in [6.45, 7) is 7.47. The second kappa shape index (κ2) is 8.78. The average molecular weight is 341 g/mol. The first-order chi connectivity index (χ1) is 10.7. The van der Waals surface area contributed by atoms with E-state index in [1.165, 1.54) is 24.9 Å². The van der Waals surface area contributed by atoms with Crippen molar-refractivity contribution >= 4 is 18.4 Å². The summed E-state index contributed by atoms with van der Waals surface area (Å²) in [5.41, 5.74) is 1.22. The maximum atomic E-state index is 4.59. The van der Waals surface area contributed by atoms with E-state index >= 15 is 0 Å². The van der Waals surface area contributed by atoms with Crippen molar-refractivity contribution in [3.63, 3.8) is 0 Å². The second-order valence-electron chi connectivity index (χ2n) is 6.54. The molecule has 6 nitrogen and oxygen atoms in total. The third-order valence-corrected chi connectivity index (χ3v) is 4.80. The number of likely N-dealkylation sites (tertiary alicyclic amines) is 1. The third-order valence-electron chi connectivity index (χ3n) is 4.80. The fourth-order valence-electron chi connectivity index (χ4n) is 3.29. The molecular formula is C16H29ClN6. The molecule has 2 aliphatic rings. The highest BCUT2D eigenvalue weighted by molar-refractivity contribution is 5.85. The lowest BCUT2D eigenvalue weighted by Crippen LogP contribution is -2.45. The highest BCUT2D eigenvalue weighted by Gasteiger charge is 2.19. The van der Waals surface area contributed by atoms with Crippen LogP contribution in [0.4, 0.5) is 5.95 Å². The van der Waals surface area contributed by atoms with Gasteiger partial charge in [0, 0.05) is 63.3 Å². The SMILES string of the molecule is CNC1CCCN(Cc2cnc(N3CCN(C)CC3)nc2)C1.Cl. The molecule has 0 saturated carbocycles. The predicted molar refractivity (Wildman–Crippen MR) is 96.3 cm³/mol. The molecule has 0 aliphatic carbocycles. The quantitative estimate of drug-likeness (QED) is 0.876. The Morgan fingerprint density at radius 3 is 2.48 bits per heavy atom. The van der Waals surface area contributed by atoms with Gasteiger partial charge in [-0.25, -0.2) is 9.97 Å². The Kier molecular flexibility index (Phi) is 7.02. The van der Waals surface area contributed by atoms with Crippen LogP contribution in [-0.4, -0.2) is 79.2 Å². The molecule has 130 valence electrons. The van der Waals surface area contributed by atoms with Crippen LogP contribution in [0.2, 0.25) is 0 Å². The number of aromatic nitrogens is 2. The Balaban J connectivity index is 0.00000192. The summed E-state index contributed by atoms with van der Waals surface area (Å²) >= 11 is 0. The number of piperazine rings is 1. The van der Waals surface area contributed by atoms with E-state index in [4.69, 9.17) is 0 Å². The van der Waals surface area contributed by atoms with Crippen LogP contribution in [0.5, 0.6) is 0 Å². The molecule has 2 saturated heterocycles. The summed E-state index contributed by atoms with van der Waals surface area (Å²) in [5.74, 6) is 0.878. The number of hydrogen-bond acceptors (Lipinski definition) is 6. The van der Waals surface area contributed by atoms with Gasteiger partial charge in [-0.2, -0.15) is 0 Å². The first-order valence-corrected chi connectivity index (χ1v) is 8.38. The molecule has 2 fully saturated rings. The molecule has 7 heteroatoms. The van der Waals surface area contributed by atoms with Crippen molar-refractivity contribution in [2.45, 2.75) is 25.4 Å². The van der Waals surface area contributed by atoms with Gasteiger partial charge in [-0.15, -0.1) is 12.4 Å². The first kappa shape index (κ1) is 18.4. The minimum absolute atomic E-state index is 0. The molecule has 3 rings (SSSR count). The van der Waals surface area contributed by atoms with Crippen molar-refractivity contribution in [2.24, 2.45) is 0 Å². The molecular weight excluding hydrogens is 312 g/mol. The number of anilines is 1. The average Bonchev–Trinajstić information content (AvgIpc) is 2.57. The largest absolute Gasteiger partial charge is 0.338 e. The summed E-state index contributed by atoms with van der Waals surface area (Å²) in [5, 5.41) is 3.39. The van der Waals surface area contributed by atoms with Crippen LogP contribution < -0.4 is 10.2 Å². The lowest BCUT2D eigenvalue weighted by Gasteiger charge is -2.33. The van der Waals surface area contributed by atoms with Crippen molar-refractivity contribution in [2.75, 3.05) is 58.3 Å². The van der Waals surface area contributed by atoms with Crippen molar-refractivity contribution in [1.82, 2.24) is 25.1 Å². The molecule has 0 radical (unpaired) electrons. The Bertz CT molecular complexity index is 460. The molecule has 0 amide bonds. The lowest BCUT2D eigenvalue weighted by molar-refractivity contribution is 0.187. The van der Waals surface area contributed by atoms with E-state index in [0.717, 1.165) is 45.2 Å². The summed E-state index contributed by atoms with van der Waals surface area (Å²) in [7, 11) is 4.22. The van der Waals surface area contributed by atoms with E-state index in [2.05, 4.69) is 44.1 Å². The zero-order valence-electron chi connectivity index (χ0n) is 14.2. The number of nitrogens with zero attached hydrogens (tertiary/aromatic N) is 5. The maximum Gasteiger partial charge on any atom is 0.225 e. The number of piperidine rings is 1. The van der Waals surface area contributed by atoms with Crippen molar-refractivity contribution < 1.29 is 0 Å². The van der Waals surface area contributed by atoms with Gasteiger partial charge in [0.2, 0.25) is 5.95 Å². The van der Waals surface area contributed by atoms with E-state index < -0.39 is 0 Å². The topological polar surface area (TPSA) is 47.5 Å². The minimum atomic E-state index is 0. The van der Waals surface area contributed by atoms with Crippen molar-refractivity contribution in [3.05, 3.63) is 18.0 Å². The highest BCUT2D eigenvalue weighted by atomic mass is 35.5. The van der Waals surface area contributed by atoms with Crippen LogP contribution >= 0.6 is 12.4 Å². The molecule has 1 N–H and O–H groups in total. The fourth-order valence-corrected chi connectivity index (χ4v) is 3.29. The number of hydrogen-bond donors (Lipinski definition) is 1. The first-order valence-electron chi connectivity index (χ1n) is 8.38. The molecule has 0 spiro atoms. The van der Waals surface area contributed by atoms with E-state index in [-0.39, 0.29) is 12.4 Å². The molecule has 0 aromatic carbocycles. The van der Waals surface area contributed by atoms with E-state index in [1.54, 1.807) is 0 Å².